The average molecular weight is 423 g/mol. The van der Waals surface area contributed by atoms with Crippen LogP contribution in [-0.4, -0.2) is 48.5 Å². The predicted molar refractivity (Wildman–Crippen MR) is 113 cm³/mol. The highest BCUT2D eigenvalue weighted by molar-refractivity contribution is 7.92. The number of rotatable bonds is 8. The van der Waals surface area contributed by atoms with Crippen LogP contribution in [0.1, 0.15) is 22.8 Å². The van der Waals surface area contributed by atoms with Gasteiger partial charge in [-0.2, -0.15) is 0 Å². The molecule has 0 aliphatic heterocycles. The highest BCUT2D eigenvalue weighted by Gasteiger charge is 2.25. The number of anilines is 2. The Labute approximate surface area is 171 Å². The lowest BCUT2D eigenvalue weighted by Gasteiger charge is -2.23. The van der Waals surface area contributed by atoms with Crippen molar-refractivity contribution in [1.82, 2.24) is 0 Å². The maximum Gasteiger partial charge on any atom is 0.258 e. The zero-order valence-electron chi connectivity index (χ0n) is 17.4. The molecular formula is C20H26N2O6S. The Balaban J connectivity index is 2.60. The Kier molecular flexibility index (Phi) is 6.97. The van der Waals surface area contributed by atoms with Crippen LogP contribution >= 0.6 is 0 Å². The molecule has 0 aliphatic carbocycles. The Morgan fingerprint density at radius 1 is 1.00 bits per heavy atom. The number of aryl methyl sites for hydroxylation is 1. The average Bonchev–Trinajstić information content (AvgIpc) is 2.72. The van der Waals surface area contributed by atoms with Gasteiger partial charge in [-0.1, -0.05) is 6.07 Å². The van der Waals surface area contributed by atoms with Crippen LogP contribution in [0.2, 0.25) is 0 Å². The highest BCUT2D eigenvalue weighted by atomic mass is 32.2. The van der Waals surface area contributed by atoms with Crippen molar-refractivity contribution in [3.8, 4) is 17.2 Å². The van der Waals surface area contributed by atoms with Gasteiger partial charge >= 0.3 is 0 Å². The van der Waals surface area contributed by atoms with E-state index in [9.17, 15) is 13.2 Å². The second-order valence-corrected chi connectivity index (χ2v) is 8.54. The van der Waals surface area contributed by atoms with Gasteiger partial charge in [0.2, 0.25) is 10.0 Å². The minimum Gasteiger partial charge on any atom is -0.495 e. The fraction of sp³-hybridized carbons (Fsp3) is 0.350. The van der Waals surface area contributed by atoms with E-state index in [1.807, 2.05) is 13.0 Å². The molecule has 8 nitrogen and oxygen atoms in total. The van der Waals surface area contributed by atoms with Crippen molar-refractivity contribution in [2.45, 2.75) is 13.8 Å². The van der Waals surface area contributed by atoms with Crippen LogP contribution in [0.3, 0.4) is 0 Å². The molecule has 0 bridgehead atoms. The van der Waals surface area contributed by atoms with E-state index in [1.54, 1.807) is 12.1 Å². The minimum atomic E-state index is -3.61. The normalized spacial score (nSPS) is 11.0. The summed E-state index contributed by atoms with van der Waals surface area (Å²) in [7, 11) is 2.16. The van der Waals surface area contributed by atoms with Crippen LogP contribution in [0.4, 0.5) is 11.4 Å². The van der Waals surface area contributed by atoms with E-state index in [2.05, 4.69) is 5.32 Å². The van der Waals surface area contributed by atoms with Crippen molar-refractivity contribution >= 4 is 27.3 Å². The number of amides is 1. The number of sulfonamides is 1. The van der Waals surface area contributed by atoms with Gasteiger partial charge in [0, 0.05) is 13.1 Å². The lowest BCUT2D eigenvalue weighted by Crippen LogP contribution is -2.30. The zero-order chi connectivity index (χ0) is 21.8. The molecule has 1 N–H and O–H groups in total. The lowest BCUT2D eigenvalue weighted by atomic mass is 10.1. The predicted octanol–water partition coefficient (Wildman–Crippen LogP) is 3.06. The number of hydrogen-bond acceptors (Lipinski definition) is 6. The van der Waals surface area contributed by atoms with Crippen molar-refractivity contribution in [1.29, 1.82) is 0 Å². The fourth-order valence-electron chi connectivity index (χ4n) is 2.76. The summed E-state index contributed by atoms with van der Waals surface area (Å²) in [5.74, 6) is 0.471. The van der Waals surface area contributed by atoms with Gasteiger partial charge in [-0.3, -0.25) is 9.10 Å². The van der Waals surface area contributed by atoms with E-state index >= 15 is 0 Å². The summed E-state index contributed by atoms with van der Waals surface area (Å²) >= 11 is 0. The Bertz CT molecular complexity index is 1000. The van der Waals surface area contributed by atoms with Gasteiger partial charge in [0.1, 0.15) is 5.75 Å². The highest BCUT2D eigenvalue weighted by Crippen LogP contribution is 2.36. The molecule has 9 heteroatoms. The first-order valence-corrected chi connectivity index (χ1v) is 10.5. The largest absolute Gasteiger partial charge is 0.495 e. The molecule has 29 heavy (non-hydrogen) atoms. The maximum absolute atomic E-state index is 13.1. The van der Waals surface area contributed by atoms with E-state index in [0.717, 1.165) is 9.87 Å². The molecule has 2 aromatic carbocycles. The molecule has 2 aromatic rings. The molecule has 0 spiro atoms. The molecule has 0 unspecified atom stereocenters. The zero-order valence-corrected chi connectivity index (χ0v) is 18.2. The Morgan fingerprint density at radius 3 is 2.14 bits per heavy atom. The first-order valence-electron chi connectivity index (χ1n) is 8.87. The van der Waals surface area contributed by atoms with Crippen LogP contribution in [0.15, 0.2) is 30.3 Å². The molecule has 0 aliphatic rings. The summed E-state index contributed by atoms with van der Waals surface area (Å²) in [4.78, 5) is 13.1. The second kappa shape index (κ2) is 9.04. The van der Waals surface area contributed by atoms with E-state index in [1.165, 1.54) is 47.4 Å². The molecular weight excluding hydrogens is 396 g/mol. The number of ether oxygens (including phenoxy) is 3. The quantitative estimate of drug-likeness (QED) is 0.703. The molecule has 0 heterocycles. The van der Waals surface area contributed by atoms with Crippen LogP contribution in [-0.2, 0) is 10.0 Å². The summed E-state index contributed by atoms with van der Waals surface area (Å²) in [5, 5.41) is 2.79. The smallest absolute Gasteiger partial charge is 0.258 e. The fourth-order valence-corrected chi connectivity index (χ4v) is 3.60. The van der Waals surface area contributed by atoms with Crippen LogP contribution < -0.4 is 23.8 Å². The maximum atomic E-state index is 13.1. The third kappa shape index (κ3) is 4.73. The number of carbonyl (C=O) groups excluding carboxylic acids is 1. The lowest BCUT2D eigenvalue weighted by molar-refractivity contribution is 0.102. The molecule has 0 aromatic heterocycles. The van der Waals surface area contributed by atoms with Crippen molar-refractivity contribution in [2.75, 3.05) is 43.8 Å². The summed E-state index contributed by atoms with van der Waals surface area (Å²) < 4.78 is 41.8. The number of benzene rings is 2. The number of methoxy groups -OCH3 is 3. The van der Waals surface area contributed by atoms with Crippen molar-refractivity contribution in [2.24, 2.45) is 0 Å². The third-order valence-corrected chi connectivity index (χ3v) is 6.23. The second-order valence-electron chi connectivity index (χ2n) is 6.25. The van der Waals surface area contributed by atoms with Gasteiger partial charge in [0.25, 0.3) is 5.91 Å². The molecule has 0 saturated heterocycles. The molecule has 1 amide bonds. The molecule has 158 valence electrons. The summed E-state index contributed by atoms with van der Waals surface area (Å²) in [6.45, 7) is 3.42. The SMILES string of the molecule is CCS(=O)(=O)N(C)c1cc(OC)c(OC)cc1C(=O)Nc1cc(C)ccc1OC. The van der Waals surface area contributed by atoms with Gasteiger partial charge in [-0.15, -0.1) is 0 Å². The molecule has 2 rings (SSSR count). The number of nitrogens with zero attached hydrogens (tertiary/aromatic N) is 1. The van der Waals surface area contributed by atoms with Crippen LogP contribution in [0.5, 0.6) is 17.2 Å². The number of nitrogens with one attached hydrogen (secondary N) is 1. The molecule has 0 fully saturated rings. The van der Waals surface area contributed by atoms with E-state index < -0.39 is 15.9 Å². The third-order valence-electron chi connectivity index (χ3n) is 4.47. The summed E-state index contributed by atoms with van der Waals surface area (Å²) in [5.41, 5.74) is 1.69. The summed E-state index contributed by atoms with van der Waals surface area (Å²) in [6, 6.07) is 8.29. The van der Waals surface area contributed by atoms with Gasteiger partial charge < -0.3 is 19.5 Å². The van der Waals surface area contributed by atoms with Gasteiger partial charge in [0.05, 0.1) is 44.0 Å². The van der Waals surface area contributed by atoms with Crippen molar-refractivity contribution < 1.29 is 27.4 Å². The van der Waals surface area contributed by atoms with E-state index in [4.69, 9.17) is 14.2 Å². The molecule has 0 saturated carbocycles. The summed E-state index contributed by atoms with van der Waals surface area (Å²) in [6.07, 6.45) is 0. The number of hydrogen-bond donors (Lipinski definition) is 1. The Morgan fingerprint density at radius 2 is 1.59 bits per heavy atom. The van der Waals surface area contributed by atoms with Gasteiger partial charge in [-0.05, 0) is 37.6 Å². The first kappa shape index (κ1) is 22.4. The van der Waals surface area contributed by atoms with Gasteiger partial charge in [0.15, 0.2) is 11.5 Å². The van der Waals surface area contributed by atoms with Crippen molar-refractivity contribution in [3.63, 3.8) is 0 Å². The standard InChI is InChI=1S/C20H26N2O6S/c1-7-29(24,25)22(3)16-12-19(28-6)18(27-5)11-14(16)20(23)21-15-10-13(2)8-9-17(15)26-4/h8-12H,7H2,1-6H3,(H,21,23). The minimum absolute atomic E-state index is 0.116. The van der Waals surface area contributed by atoms with E-state index in [-0.39, 0.29) is 17.0 Å². The van der Waals surface area contributed by atoms with Crippen molar-refractivity contribution in [3.05, 3.63) is 41.5 Å². The molecule has 0 radical (unpaired) electrons. The topological polar surface area (TPSA) is 94.2 Å². The molecule has 0 atom stereocenters. The number of carbonyl (C=O) groups is 1. The van der Waals surface area contributed by atoms with Gasteiger partial charge in [-0.25, -0.2) is 8.42 Å². The van der Waals surface area contributed by atoms with E-state index in [0.29, 0.717) is 22.9 Å². The van der Waals surface area contributed by atoms with Crippen LogP contribution in [0.25, 0.3) is 0 Å². The van der Waals surface area contributed by atoms with Crippen LogP contribution in [0, 0.1) is 6.92 Å². The Hall–Kier alpha value is -2.94. The monoisotopic (exact) mass is 422 g/mol. The first-order chi connectivity index (χ1) is 13.7.